The van der Waals surface area contributed by atoms with Gasteiger partial charge in [0, 0.05) is 6.92 Å². The van der Waals surface area contributed by atoms with Crippen LogP contribution in [-0.4, -0.2) is 20.6 Å². The molecular formula is C11H14O5S. The third-order valence-electron chi connectivity index (χ3n) is 1.94. The molecule has 0 saturated carbocycles. The monoisotopic (exact) mass is 258 g/mol. The number of carbonyl (C=O) groups is 1. The Labute approximate surface area is 100 Å². The fourth-order valence-corrected chi connectivity index (χ4v) is 1.75. The van der Waals surface area contributed by atoms with Gasteiger partial charge in [-0.3, -0.25) is 4.79 Å². The molecule has 1 aromatic carbocycles. The molecule has 0 N–H and O–H groups in total. The highest BCUT2D eigenvalue weighted by molar-refractivity contribution is 7.86. The summed E-state index contributed by atoms with van der Waals surface area (Å²) in [4.78, 5) is 10.8. The van der Waals surface area contributed by atoms with Crippen LogP contribution in [0.5, 0.6) is 5.75 Å². The molecule has 94 valence electrons. The molecule has 0 bridgehead atoms. The predicted octanol–water partition coefficient (Wildman–Crippen LogP) is 1.65. The summed E-state index contributed by atoms with van der Waals surface area (Å²) in [5, 5.41) is 0. The van der Waals surface area contributed by atoms with E-state index in [1.165, 1.54) is 19.1 Å². The van der Waals surface area contributed by atoms with E-state index < -0.39 is 10.1 Å². The van der Waals surface area contributed by atoms with Crippen LogP contribution in [0, 0.1) is 0 Å². The van der Waals surface area contributed by atoms with Gasteiger partial charge in [-0.25, -0.2) is 0 Å². The van der Waals surface area contributed by atoms with Gasteiger partial charge >= 0.3 is 16.1 Å². The predicted molar refractivity (Wildman–Crippen MR) is 62.1 cm³/mol. The van der Waals surface area contributed by atoms with E-state index in [1.807, 2.05) is 0 Å². The number of hydrogen-bond acceptors (Lipinski definition) is 5. The Morgan fingerprint density at radius 3 is 2.18 bits per heavy atom. The van der Waals surface area contributed by atoms with Crippen LogP contribution in [0.3, 0.4) is 0 Å². The molecule has 17 heavy (non-hydrogen) atoms. The molecule has 1 aromatic rings. The van der Waals surface area contributed by atoms with Gasteiger partial charge in [-0.05, 0) is 24.6 Å². The smallest absolute Gasteiger partial charge is 0.306 e. The van der Waals surface area contributed by atoms with Crippen LogP contribution in [0.15, 0.2) is 24.3 Å². The summed E-state index contributed by atoms with van der Waals surface area (Å²) in [5.41, 5.74) is 0.765. The van der Waals surface area contributed by atoms with Crippen molar-refractivity contribution < 1.29 is 22.1 Å². The number of benzene rings is 1. The van der Waals surface area contributed by atoms with Crippen LogP contribution in [0.1, 0.15) is 25.5 Å². The van der Waals surface area contributed by atoms with E-state index in [0.717, 1.165) is 11.8 Å². The summed E-state index contributed by atoms with van der Waals surface area (Å²) in [6, 6.07) is 6.31. The van der Waals surface area contributed by atoms with E-state index >= 15 is 0 Å². The zero-order valence-electron chi connectivity index (χ0n) is 9.84. The Kier molecular flexibility index (Phi) is 4.11. The second kappa shape index (κ2) is 5.18. The van der Waals surface area contributed by atoms with Crippen LogP contribution in [0.2, 0.25) is 0 Å². The van der Waals surface area contributed by atoms with Gasteiger partial charge < -0.3 is 8.92 Å². The van der Waals surface area contributed by atoms with Crippen molar-refractivity contribution in [3.05, 3.63) is 29.8 Å². The molecular weight excluding hydrogens is 244 g/mol. The Bertz CT molecular complexity index is 489. The molecule has 1 unspecified atom stereocenters. The molecule has 0 saturated heterocycles. The first kappa shape index (κ1) is 13.5. The fourth-order valence-electron chi connectivity index (χ4n) is 1.29. The molecule has 0 radical (unpaired) electrons. The fraction of sp³-hybridized carbons (Fsp3) is 0.364. The van der Waals surface area contributed by atoms with E-state index in [2.05, 4.69) is 4.18 Å². The number of hydrogen-bond donors (Lipinski definition) is 0. The lowest BCUT2D eigenvalue weighted by molar-refractivity contribution is -0.145. The average Bonchev–Trinajstić information content (AvgIpc) is 2.15. The summed E-state index contributed by atoms with van der Waals surface area (Å²) in [6.45, 7) is 3.06. The molecule has 6 heteroatoms. The molecule has 0 aliphatic rings. The first-order valence-electron chi connectivity index (χ1n) is 4.94. The quantitative estimate of drug-likeness (QED) is 0.606. The Hall–Kier alpha value is -1.56. The number of ether oxygens (including phenoxy) is 1. The maximum Gasteiger partial charge on any atom is 0.306 e. The number of carbonyl (C=O) groups excluding carboxylic acids is 1. The molecule has 1 atom stereocenters. The molecule has 0 fully saturated rings. The summed E-state index contributed by atoms with van der Waals surface area (Å²) in [5.74, 6) is -0.139. The molecule has 0 aliphatic carbocycles. The van der Waals surface area contributed by atoms with E-state index in [0.29, 0.717) is 0 Å². The zero-order valence-corrected chi connectivity index (χ0v) is 10.7. The van der Waals surface area contributed by atoms with Crippen molar-refractivity contribution in [1.29, 1.82) is 0 Å². The van der Waals surface area contributed by atoms with Gasteiger partial charge in [0.25, 0.3) is 0 Å². The molecule has 0 heterocycles. The normalized spacial score (nSPS) is 12.9. The lowest BCUT2D eigenvalue weighted by Crippen LogP contribution is -2.07. The topological polar surface area (TPSA) is 69.7 Å². The standard InChI is InChI=1S/C11H14O5S/c1-8(15-9(2)12)10-4-6-11(7-5-10)16-17(3,13)14/h4-8H,1-3H3. The average molecular weight is 258 g/mol. The van der Waals surface area contributed by atoms with Gasteiger partial charge in [0.2, 0.25) is 0 Å². The molecule has 0 spiro atoms. The van der Waals surface area contributed by atoms with E-state index in [9.17, 15) is 13.2 Å². The lowest BCUT2D eigenvalue weighted by Gasteiger charge is -2.12. The van der Waals surface area contributed by atoms with Crippen LogP contribution >= 0.6 is 0 Å². The van der Waals surface area contributed by atoms with Gasteiger partial charge in [-0.2, -0.15) is 8.42 Å². The van der Waals surface area contributed by atoms with Crippen LogP contribution in [-0.2, 0) is 19.6 Å². The third kappa shape index (κ3) is 4.86. The van der Waals surface area contributed by atoms with Gasteiger partial charge in [0.15, 0.2) is 0 Å². The Morgan fingerprint density at radius 2 is 1.76 bits per heavy atom. The van der Waals surface area contributed by atoms with Crippen LogP contribution < -0.4 is 4.18 Å². The van der Waals surface area contributed by atoms with Gasteiger partial charge in [-0.1, -0.05) is 12.1 Å². The van der Waals surface area contributed by atoms with Crippen LogP contribution in [0.4, 0.5) is 0 Å². The van der Waals surface area contributed by atoms with Gasteiger partial charge in [-0.15, -0.1) is 0 Å². The lowest BCUT2D eigenvalue weighted by atomic mass is 10.1. The molecule has 0 amide bonds. The Morgan fingerprint density at radius 1 is 1.24 bits per heavy atom. The second-order valence-corrected chi connectivity index (χ2v) is 5.18. The summed E-state index contributed by atoms with van der Waals surface area (Å²) < 4.78 is 31.4. The first-order valence-corrected chi connectivity index (χ1v) is 6.76. The highest BCUT2D eigenvalue weighted by Crippen LogP contribution is 2.21. The minimum absolute atomic E-state index is 0.228. The van der Waals surface area contributed by atoms with E-state index in [1.54, 1.807) is 19.1 Å². The summed E-state index contributed by atoms with van der Waals surface area (Å²) in [7, 11) is -3.51. The van der Waals surface area contributed by atoms with Crippen molar-refractivity contribution in [2.75, 3.05) is 6.26 Å². The maximum atomic E-state index is 10.9. The van der Waals surface area contributed by atoms with E-state index in [-0.39, 0.29) is 17.8 Å². The van der Waals surface area contributed by atoms with Crippen molar-refractivity contribution in [2.24, 2.45) is 0 Å². The summed E-state index contributed by atoms with van der Waals surface area (Å²) in [6.07, 6.45) is 0.599. The highest BCUT2D eigenvalue weighted by Gasteiger charge is 2.09. The molecule has 5 nitrogen and oxygen atoms in total. The van der Waals surface area contributed by atoms with Crippen molar-refractivity contribution in [3.8, 4) is 5.75 Å². The highest BCUT2D eigenvalue weighted by atomic mass is 32.2. The van der Waals surface area contributed by atoms with Crippen molar-refractivity contribution in [2.45, 2.75) is 20.0 Å². The van der Waals surface area contributed by atoms with Gasteiger partial charge in [0.1, 0.15) is 11.9 Å². The van der Waals surface area contributed by atoms with E-state index in [4.69, 9.17) is 4.74 Å². The SMILES string of the molecule is CC(=O)OC(C)c1ccc(OS(C)(=O)=O)cc1. The second-order valence-electron chi connectivity index (χ2n) is 3.61. The largest absolute Gasteiger partial charge is 0.458 e. The zero-order chi connectivity index (χ0) is 13.1. The molecule has 0 aliphatic heterocycles. The Balaban J connectivity index is 2.77. The maximum absolute atomic E-state index is 10.9. The molecule has 1 rings (SSSR count). The number of esters is 1. The third-order valence-corrected chi connectivity index (χ3v) is 2.44. The van der Waals surface area contributed by atoms with Crippen molar-refractivity contribution in [1.82, 2.24) is 0 Å². The minimum Gasteiger partial charge on any atom is -0.458 e. The van der Waals surface area contributed by atoms with Crippen LogP contribution in [0.25, 0.3) is 0 Å². The van der Waals surface area contributed by atoms with Crippen molar-refractivity contribution >= 4 is 16.1 Å². The van der Waals surface area contributed by atoms with Gasteiger partial charge in [0.05, 0.1) is 6.26 Å². The first-order chi connectivity index (χ1) is 7.78. The number of rotatable bonds is 4. The minimum atomic E-state index is -3.51. The molecule has 0 aromatic heterocycles. The van der Waals surface area contributed by atoms with Crippen molar-refractivity contribution in [3.63, 3.8) is 0 Å². The summed E-state index contributed by atoms with van der Waals surface area (Å²) >= 11 is 0.